The summed E-state index contributed by atoms with van der Waals surface area (Å²) in [4.78, 5) is 18.1. The molecule has 0 aliphatic heterocycles. The summed E-state index contributed by atoms with van der Waals surface area (Å²) in [7, 11) is 0. The van der Waals surface area contributed by atoms with Crippen LogP contribution in [0.4, 0.5) is 11.4 Å². The molecule has 0 unspecified atom stereocenters. The largest absolute Gasteiger partial charge is 0.354 e. The molecule has 0 spiro atoms. The number of nitrogens with two attached hydrogens (primary N) is 2. The molecule has 4 rings (SSSR count). The average Bonchev–Trinajstić information content (AvgIpc) is 2.78. The van der Waals surface area contributed by atoms with Gasteiger partial charge < -0.3 is 16.8 Å². The van der Waals surface area contributed by atoms with Crippen molar-refractivity contribution in [2.75, 3.05) is 11.9 Å². The number of ketones is 1. The van der Waals surface area contributed by atoms with Gasteiger partial charge in [-0.1, -0.05) is 55.0 Å². The number of carbonyl (C=O) groups is 1. The van der Waals surface area contributed by atoms with Gasteiger partial charge in [0.2, 0.25) is 0 Å². The molecule has 5 heteroatoms. The lowest BCUT2D eigenvalue weighted by molar-refractivity contribution is 0.0957. The lowest BCUT2D eigenvalue weighted by atomic mass is 9.94. The smallest absolute Gasteiger partial charge is 0.180 e. The van der Waals surface area contributed by atoms with Gasteiger partial charge in [-0.15, -0.1) is 0 Å². The Morgan fingerprint density at radius 3 is 2.43 bits per heavy atom. The molecule has 0 bridgehead atoms. The van der Waals surface area contributed by atoms with Crippen molar-refractivity contribution in [3.8, 4) is 0 Å². The Bertz CT molecular complexity index is 1170. The second kappa shape index (κ2) is 9.03. The second-order valence-electron chi connectivity index (χ2n) is 7.45. The summed E-state index contributed by atoms with van der Waals surface area (Å²) in [6.07, 6.45) is 2.32. The number of Topliss-reactive ketones (excluding diaryl/α,β-unsaturated/α-hetero) is 1. The van der Waals surface area contributed by atoms with Crippen molar-refractivity contribution in [1.82, 2.24) is 4.98 Å². The van der Waals surface area contributed by atoms with E-state index in [2.05, 4.69) is 5.32 Å². The predicted octanol–water partition coefficient (Wildman–Crippen LogP) is 4.77. The molecule has 0 aliphatic rings. The number of rotatable bonds is 8. The lowest BCUT2D eigenvalue weighted by Crippen LogP contribution is -2.30. The lowest BCUT2D eigenvalue weighted by Gasteiger charge is -2.17. The fourth-order valence-electron chi connectivity index (χ4n) is 3.78. The molecule has 0 saturated heterocycles. The zero-order chi connectivity index (χ0) is 20.9. The van der Waals surface area contributed by atoms with Gasteiger partial charge in [0.1, 0.15) is 0 Å². The van der Waals surface area contributed by atoms with Gasteiger partial charge in [-0.2, -0.15) is 0 Å². The minimum absolute atomic E-state index is 0.0641. The van der Waals surface area contributed by atoms with E-state index < -0.39 is 6.04 Å². The summed E-state index contributed by atoms with van der Waals surface area (Å²) in [6, 6.07) is 23.0. The first kappa shape index (κ1) is 20.0. The number of para-hydroxylation sites is 2. The van der Waals surface area contributed by atoms with Crippen LogP contribution < -0.4 is 16.8 Å². The van der Waals surface area contributed by atoms with E-state index in [0.717, 1.165) is 46.0 Å². The first-order valence-electron chi connectivity index (χ1n) is 10.3. The van der Waals surface area contributed by atoms with Crippen LogP contribution in [-0.2, 0) is 0 Å². The summed E-state index contributed by atoms with van der Waals surface area (Å²) in [5.41, 5.74) is 15.9. The number of hydrogen-bond donors (Lipinski definition) is 3. The molecular formula is C25H26N4O. The van der Waals surface area contributed by atoms with E-state index in [-0.39, 0.29) is 5.78 Å². The number of nitrogens with zero attached hydrogens (tertiary/aromatic N) is 1. The Morgan fingerprint density at radius 1 is 0.900 bits per heavy atom. The molecule has 5 N–H and O–H groups in total. The van der Waals surface area contributed by atoms with Crippen LogP contribution in [0.3, 0.4) is 0 Å². The van der Waals surface area contributed by atoms with E-state index >= 15 is 0 Å². The van der Waals surface area contributed by atoms with Crippen molar-refractivity contribution in [3.63, 3.8) is 0 Å². The molecule has 1 heterocycles. The van der Waals surface area contributed by atoms with Crippen LogP contribution in [0.2, 0.25) is 0 Å². The van der Waals surface area contributed by atoms with Crippen LogP contribution >= 0.6 is 0 Å². The summed E-state index contributed by atoms with van der Waals surface area (Å²) >= 11 is 0. The molecule has 0 aliphatic carbocycles. The van der Waals surface area contributed by atoms with Gasteiger partial charge in [0.25, 0.3) is 0 Å². The molecule has 1 aromatic heterocycles. The van der Waals surface area contributed by atoms with Gasteiger partial charge in [0.05, 0.1) is 22.8 Å². The zero-order valence-electron chi connectivity index (χ0n) is 16.8. The zero-order valence-corrected chi connectivity index (χ0v) is 16.8. The van der Waals surface area contributed by atoms with Crippen LogP contribution in [0.5, 0.6) is 0 Å². The maximum atomic E-state index is 13.3. The van der Waals surface area contributed by atoms with Crippen LogP contribution in [0, 0.1) is 0 Å². The van der Waals surface area contributed by atoms with Gasteiger partial charge >= 0.3 is 0 Å². The van der Waals surface area contributed by atoms with Gasteiger partial charge in [-0.25, -0.2) is 4.98 Å². The van der Waals surface area contributed by atoms with Crippen LogP contribution in [0.15, 0.2) is 72.8 Å². The molecule has 3 aromatic carbocycles. The summed E-state index contributed by atoms with van der Waals surface area (Å²) in [6.45, 7) is 0.607. The van der Waals surface area contributed by atoms with Crippen molar-refractivity contribution in [2.24, 2.45) is 11.5 Å². The third-order valence-electron chi connectivity index (χ3n) is 5.32. The van der Waals surface area contributed by atoms with Crippen LogP contribution in [-0.4, -0.2) is 23.4 Å². The van der Waals surface area contributed by atoms with Gasteiger partial charge in [-0.3, -0.25) is 4.79 Å². The highest BCUT2D eigenvalue weighted by Gasteiger charge is 2.21. The van der Waals surface area contributed by atoms with Crippen molar-refractivity contribution in [3.05, 3.63) is 78.4 Å². The molecule has 4 aromatic rings. The molecule has 0 radical (unpaired) electrons. The number of pyridine rings is 1. The average molecular weight is 399 g/mol. The Morgan fingerprint density at radius 2 is 1.63 bits per heavy atom. The normalized spacial score (nSPS) is 12.2. The molecule has 0 saturated carbocycles. The SMILES string of the molecule is NCCCC[C@H](N)C(=O)c1cccc2nc3ccccc3c(Nc3ccccc3)c12. The number of benzene rings is 3. The number of aromatic nitrogens is 1. The Kier molecular flexibility index (Phi) is 6.02. The maximum Gasteiger partial charge on any atom is 0.180 e. The van der Waals surface area contributed by atoms with Gasteiger partial charge in [-0.05, 0) is 43.7 Å². The minimum atomic E-state index is -0.557. The summed E-state index contributed by atoms with van der Waals surface area (Å²) in [5.74, 6) is -0.0641. The first-order valence-corrected chi connectivity index (χ1v) is 10.3. The number of carbonyl (C=O) groups excluding carboxylic acids is 1. The van der Waals surface area contributed by atoms with Crippen molar-refractivity contribution >= 4 is 39.0 Å². The van der Waals surface area contributed by atoms with Crippen molar-refractivity contribution in [2.45, 2.75) is 25.3 Å². The maximum absolute atomic E-state index is 13.3. The van der Waals surface area contributed by atoms with E-state index in [4.69, 9.17) is 16.5 Å². The molecule has 1 atom stereocenters. The van der Waals surface area contributed by atoms with Crippen LogP contribution in [0.25, 0.3) is 21.8 Å². The van der Waals surface area contributed by atoms with E-state index in [1.165, 1.54) is 0 Å². The topological polar surface area (TPSA) is 94.0 Å². The van der Waals surface area contributed by atoms with Gasteiger partial charge in [0, 0.05) is 22.0 Å². The first-order chi connectivity index (χ1) is 14.7. The highest BCUT2D eigenvalue weighted by Crippen LogP contribution is 2.35. The van der Waals surface area contributed by atoms with Gasteiger partial charge in [0.15, 0.2) is 5.78 Å². The second-order valence-corrected chi connectivity index (χ2v) is 7.45. The highest BCUT2D eigenvalue weighted by molar-refractivity contribution is 6.18. The standard InChI is InChI=1S/C25H26N4O/c26-16-7-6-13-20(27)25(30)19-12-8-15-22-23(19)24(28-17-9-2-1-3-10-17)18-11-4-5-14-21(18)29-22/h1-5,8-12,14-15,20H,6-7,13,16,26-27H2,(H,28,29)/t20-/m0/s1. The van der Waals surface area contributed by atoms with E-state index in [1.807, 2.05) is 72.8 Å². The highest BCUT2D eigenvalue weighted by atomic mass is 16.1. The quantitative estimate of drug-likeness (QED) is 0.226. The van der Waals surface area contributed by atoms with E-state index in [9.17, 15) is 4.79 Å². The Hall–Kier alpha value is -3.28. The molecular weight excluding hydrogens is 372 g/mol. The predicted molar refractivity (Wildman–Crippen MR) is 124 cm³/mol. The number of fused-ring (bicyclic) bond motifs is 2. The Balaban J connectivity index is 1.88. The number of nitrogens with one attached hydrogen (secondary N) is 1. The van der Waals surface area contributed by atoms with Crippen LogP contribution in [0.1, 0.15) is 29.6 Å². The molecule has 0 fully saturated rings. The number of unbranched alkanes of at least 4 members (excludes halogenated alkanes) is 1. The molecule has 5 nitrogen and oxygen atoms in total. The monoisotopic (exact) mass is 398 g/mol. The molecule has 30 heavy (non-hydrogen) atoms. The fourth-order valence-corrected chi connectivity index (χ4v) is 3.78. The van der Waals surface area contributed by atoms with E-state index in [1.54, 1.807) is 0 Å². The minimum Gasteiger partial charge on any atom is -0.354 e. The van der Waals surface area contributed by atoms with E-state index in [0.29, 0.717) is 18.5 Å². The molecule has 0 amide bonds. The summed E-state index contributed by atoms with van der Waals surface area (Å²) in [5, 5.41) is 5.30. The third kappa shape index (κ3) is 4.03. The number of anilines is 2. The fraction of sp³-hybridized carbons (Fsp3) is 0.200. The van der Waals surface area contributed by atoms with Crippen molar-refractivity contribution in [1.29, 1.82) is 0 Å². The van der Waals surface area contributed by atoms with Crippen molar-refractivity contribution < 1.29 is 4.79 Å². The molecule has 152 valence electrons. The Labute approximate surface area is 176 Å². The summed E-state index contributed by atoms with van der Waals surface area (Å²) < 4.78 is 0. The number of hydrogen-bond acceptors (Lipinski definition) is 5. The third-order valence-corrected chi connectivity index (χ3v) is 5.32.